The fraction of sp³-hybridized carbons (Fsp3) is 0.0233. The summed E-state index contributed by atoms with van der Waals surface area (Å²) in [5.41, 5.74) is 13.7. The summed E-state index contributed by atoms with van der Waals surface area (Å²) in [6.07, 6.45) is 0. The van der Waals surface area contributed by atoms with Gasteiger partial charge in [-0.1, -0.05) is 133 Å². The highest BCUT2D eigenvalue weighted by Crippen LogP contribution is 2.65. The lowest BCUT2D eigenvalue weighted by atomic mass is 9.63. The fourth-order valence-corrected chi connectivity index (χ4v) is 9.44. The average Bonchev–Trinajstić information content (AvgIpc) is 3.64. The highest BCUT2D eigenvalue weighted by molar-refractivity contribution is 7.26. The zero-order chi connectivity index (χ0) is 29.5. The van der Waals surface area contributed by atoms with Crippen LogP contribution < -0.4 is 4.90 Å². The van der Waals surface area contributed by atoms with E-state index in [0.717, 1.165) is 0 Å². The standard InChI is InChI=1S/C43H27NS/c1-2-14-28(15-3-1)44-38-25-9-7-23-36(38)43(37-24-8-10-26-39(37)44)35-22-6-4-16-29(35)31-18-12-19-32(41(31)43)34-21-13-20-33-30-17-5-11-27-40(30)45-42(33)34/h1-27H. The minimum Gasteiger partial charge on any atom is -0.310 e. The van der Waals surface area contributed by atoms with E-state index >= 15 is 0 Å². The Hall–Kier alpha value is -5.44. The maximum absolute atomic E-state index is 2.45. The normalized spacial score (nSPS) is 13.9. The second kappa shape index (κ2) is 9.28. The minimum atomic E-state index is -0.486. The molecule has 1 aromatic heterocycles. The van der Waals surface area contributed by atoms with E-state index in [1.165, 1.54) is 81.7 Å². The lowest BCUT2D eigenvalue weighted by molar-refractivity contribution is 0.754. The first-order valence-corrected chi connectivity index (χ1v) is 16.4. The Morgan fingerprint density at radius 2 is 0.933 bits per heavy atom. The van der Waals surface area contributed by atoms with Crippen LogP contribution in [0.25, 0.3) is 42.4 Å². The van der Waals surface area contributed by atoms with Gasteiger partial charge >= 0.3 is 0 Å². The molecule has 1 aliphatic heterocycles. The summed E-state index contributed by atoms with van der Waals surface area (Å²) in [7, 11) is 0. The second-order valence-electron chi connectivity index (χ2n) is 12.0. The van der Waals surface area contributed by atoms with Crippen LogP contribution in [0, 0.1) is 0 Å². The molecule has 0 atom stereocenters. The number of benzene rings is 7. The molecule has 2 aliphatic rings. The van der Waals surface area contributed by atoms with Gasteiger partial charge in [-0.2, -0.15) is 0 Å². The van der Waals surface area contributed by atoms with E-state index in [1.807, 2.05) is 11.3 Å². The van der Waals surface area contributed by atoms with Crippen LogP contribution in [0.15, 0.2) is 164 Å². The molecule has 1 spiro atoms. The molecule has 0 bridgehead atoms. The van der Waals surface area contributed by atoms with Gasteiger partial charge in [-0.25, -0.2) is 0 Å². The molecule has 0 N–H and O–H groups in total. The number of anilines is 3. The molecule has 0 saturated heterocycles. The number of hydrogen-bond acceptors (Lipinski definition) is 2. The number of para-hydroxylation sites is 3. The van der Waals surface area contributed by atoms with E-state index in [9.17, 15) is 0 Å². The van der Waals surface area contributed by atoms with E-state index in [2.05, 4.69) is 169 Å². The Labute approximate surface area is 266 Å². The van der Waals surface area contributed by atoms with Gasteiger partial charge in [-0.3, -0.25) is 0 Å². The van der Waals surface area contributed by atoms with Crippen LogP contribution in [0.4, 0.5) is 17.1 Å². The average molecular weight is 590 g/mol. The maximum Gasteiger partial charge on any atom is 0.0760 e. The number of fused-ring (bicyclic) bond motifs is 12. The molecule has 0 radical (unpaired) electrons. The molecule has 0 saturated carbocycles. The number of nitrogens with zero attached hydrogens (tertiary/aromatic N) is 1. The Morgan fingerprint density at radius 1 is 0.400 bits per heavy atom. The molecular formula is C43H27NS. The number of thiophene rings is 1. The molecule has 1 nitrogen and oxygen atoms in total. The van der Waals surface area contributed by atoms with Crippen LogP contribution in [0.5, 0.6) is 0 Å². The molecular weight excluding hydrogens is 563 g/mol. The van der Waals surface area contributed by atoms with E-state index < -0.39 is 5.41 Å². The summed E-state index contributed by atoms with van der Waals surface area (Å²) in [6.45, 7) is 0. The van der Waals surface area contributed by atoms with Crippen molar-refractivity contribution in [3.63, 3.8) is 0 Å². The van der Waals surface area contributed by atoms with Crippen molar-refractivity contribution in [2.24, 2.45) is 0 Å². The lowest BCUT2D eigenvalue weighted by Gasteiger charge is -2.45. The van der Waals surface area contributed by atoms with Gasteiger partial charge in [0.2, 0.25) is 0 Å². The molecule has 8 aromatic rings. The molecule has 0 unspecified atom stereocenters. The van der Waals surface area contributed by atoms with Crippen LogP contribution in [0.3, 0.4) is 0 Å². The topological polar surface area (TPSA) is 3.24 Å². The summed E-state index contributed by atoms with van der Waals surface area (Å²) in [4.78, 5) is 2.45. The van der Waals surface area contributed by atoms with E-state index in [0.29, 0.717) is 0 Å². The summed E-state index contributed by atoms with van der Waals surface area (Å²) in [5, 5.41) is 2.66. The smallest absolute Gasteiger partial charge is 0.0760 e. The van der Waals surface area contributed by atoms with Crippen molar-refractivity contribution in [3.8, 4) is 22.3 Å². The third-order valence-electron chi connectivity index (χ3n) is 9.87. The van der Waals surface area contributed by atoms with Crippen LogP contribution in [0.2, 0.25) is 0 Å². The first-order valence-electron chi connectivity index (χ1n) is 15.5. The Bertz CT molecular complexity index is 2400. The quantitative estimate of drug-likeness (QED) is 0.194. The highest BCUT2D eigenvalue weighted by atomic mass is 32.1. The molecule has 0 fully saturated rings. The van der Waals surface area contributed by atoms with Crippen LogP contribution in [0.1, 0.15) is 22.3 Å². The van der Waals surface area contributed by atoms with Crippen LogP contribution >= 0.6 is 11.3 Å². The van der Waals surface area contributed by atoms with Gasteiger partial charge in [-0.15, -0.1) is 11.3 Å². The molecule has 2 heteroatoms. The Balaban J connectivity index is 1.37. The van der Waals surface area contributed by atoms with Gasteiger partial charge < -0.3 is 4.90 Å². The van der Waals surface area contributed by atoms with Gasteiger partial charge in [0.05, 0.1) is 16.8 Å². The predicted octanol–water partition coefficient (Wildman–Crippen LogP) is 11.9. The molecule has 10 rings (SSSR count). The van der Waals surface area contributed by atoms with Crippen LogP contribution in [-0.4, -0.2) is 0 Å². The van der Waals surface area contributed by atoms with Crippen LogP contribution in [-0.2, 0) is 5.41 Å². The third kappa shape index (κ3) is 3.22. The largest absolute Gasteiger partial charge is 0.310 e. The molecule has 2 heterocycles. The predicted molar refractivity (Wildman–Crippen MR) is 190 cm³/mol. The van der Waals surface area contributed by atoms with E-state index in [1.54, 1.807) is 0 Å². The molecule has 1 aliphatic carbocycles. The fourth-order valence-electron chi connectivity index (χ4n) is 8.21. The number of rotatable bonds is 2. The van der Waals surface area contributed by atoms with Gasteiger partial charge in [0.15, 0.2) is 0 Å². The summed E-state index contributed by atoms with van der Waals surface area (Å²) in [6, 6.07) is 60.7. The van der Waals surface area contributed by atoms with Crippen molar-refractivity contribution in [2.75, 3.05) is 4.90 Å². The van der Waals surface area contributed by atoms with Gasteiger partial charge in [0, 0.05) is 25.9 Å². The zero-order valence-electron chi connectivity index (χ0n) is 24.4. The van der Waals surface area contributed by atoms with Gasteiger partial charge in [0.1, 0.15) is 0 Å². The molecule has 45 heavy (non-hydrogen) atoms. The van der Waals surface area contributed by atoms with E-state index in [-0.39, 0.29) is 0 Å². The van der Waals surface area contributed by atoms with Crippen molar-refractivity contribution < 1.29 is 0 Å². The monoisotopic (exact) mass is 589 g/mol. The first-order chi connectivity index (χ1) is 22.4. The van der Waals surface area contributed by atoms with Gasteiger partial charge in [0.25, 0.3) is 0 Å². The van der Waals surface area contributed by atoms with E-state index in [4.69, 9.17) is 0 Å². The van der Waals surface area contributed by atoms with Crippen molar-refractivity contribution in [3.05, 3.63) is 186 Å². The maximum atomic E-state index is 2.45. The zero-order valence-corrected chi connectivity index (χ0v) is 25.3. The minimum absolute atomic E-state index is 0.486. The summed E-state index contributed by atoms with van der Waals surface area (Å²) in [5.74, 6) is 0. The van der Waals surface area contributed by atoms with Crippen molar-refractivity contribution in [2.45, 2.75) is 5.41 Å². The molecule has 7 aromatic carbocycles. The third-order valence-corrected chi connectivity index (χ3v) is 11.1. The van der Waals surface area contributed by atoms with Crippen molar-refractivity contribution in [1.82, 2.24) is 0 Å². The summed E-state index contributed by atoms with van der Waals surface area (Å²) < 4.78 is 2.68. The van der Waals surface area contributed by atoms with Crippen molar-refractivity contribution >= 4 is 48.6 Å². The SMILES string of the molecule is c1ccc(N2c3ccccc3C3(c4ccccc4-c4cccc(-c5cccc6c5sc5ccccc56)c43)c3ccccc32)cc1. The number of hydrogen-bond donors (Lipinski definition) is 0. The first kappa shape index (κ1) is 24.9. The molecule has 0 amide bonds. The van der Waals surface area contributed by atoms with Crippen molar-refractivity contribution in [1.29, 1.82) is 0 Å². The Kier molecular flexibility index (Phi) is 5.14. The highest BCUT2D eigenvalue weighted by Gasteiger charge is 2.52. The summed E-state index contributed by atoms with van der Waals surface area (Å²) >= 11 is 1.91. The Morgan fingerprint density at radius 3 is 1.71 bits per heavy atom. The molecule has 210 valence electrons. The van der Waals surface area contributed by atoms with Gasteiger partial charge in [-0.05, 0) is 74.8 Å². The second-order valence-corrected chi connectivity index (χ2v) is 13.1. The lowest BCUT2D eigenvalue weighted by Crippen LogP contribution is -2.36.